The van der Waals surface area contributed by atoms with E-state index in [1.165, 1.54) is 0 Å². The van der Waals surface area contributed by atoms with Crippen molar-refractivity contribution >= 4 is 10.1 Å². The average molecular weight is 366 g/mol. The lowest BCUT2D eigenvalue weighted by atomic mass is 9.85. The highest BCUT2D eigenvalue weighted by molar-refractivity contribution is 7.85. The van der Waals surface area contributed by atoms with E-state index in [1.54, 1.807) is 0 Å². The molecular weight excluding hydrogens is 336 g/mol. The minimum absolute atomic E-state index is 0.193. The van der Waals surface area contributed by atoms with Crippen LogP contribution in [0.4, 0.5) is 0 Å². The van der Waals surface area contributed by atoms with E-state index in [9.17, 15) is 18.6 Å². The summed E-state index contributed by atoms with van der Waals surface area (Å²) in [5, 5.41) is 19.7. The fourth-order valence-corrected chi connectivity index (χ4v) is 3.19. The van der Waals surface area contributed by atoms with Gasteiger partial charge in [0.1, 0.15) is 6.10 Å². The molecule has 3 N–H and O–H groups in total. The summed E-state index contributed by atoms with van der Waals surface area (Å²) >= 11 is 0. The van der Waals surface area contributed by atoms with Crippen LogP contribution in [0.25, 0.3) is 0 Å². The molecule has 0 aromatic rings. The Balaban J connectivity index is 2.53. The lowest BCUT2D eigenvalue weighted by Crippen LogP contribution is -2.50. The van der Waals surface area contributed by atoms with Crippen molar-refractivity contribution in [2.45, 2.75) is 64.6 Å². The molecule has 5 unspecified atom stereocenters. The van der Waals surface area contributed by atoms with Crippen molar-refractivity contribution in [3.8, 4) is 0 Å². The Hall–Kier alpha value is -0.510. The highest BCUT2D eigenvalue weighted by Gasteiger charge is 2.41. The van der Waals surface area contributed by atoms with E-state index in [1.807, 2.05) is 19.1 Å². The number of rotatable bonds is 10. The highest BCUT2D eigenvalue weighted by Crippen LogP contribution is 2.32. The number of aliphatic hydroxyl groups is 2. The Kier molecular flexibility index (Phi) is 9.40. The van der Waals surface area contributed by atoms with Crippen molar-refractivity contribution < 1.29 is 32.7 Å². The molecule has 0 bridgehead atoms. The first-order chi connectivity index (χ1) is 11.3. The molecule has 1 rings (SSSR count). The van der Waals surface area contributed by atoms with Gasteiger partial charge in [-0.2, -0.15) is 8.42 Å². The Labute approximate surface area is 144 Å². The van der Waals surface area contributed by atoms with E-state index in [4.69, 9.17) is 14.0 Å². The van der Waals surface area contributed by atoms with Crippen LogP contribution in [0.1, 0.15) is 46.0 Å². The van der Waals surface area contributed by atoms with Crippen molar-refractivity contribution in [1.82, 2.24) is 0 Å². The van der Waals surface area contributed by atoms with Crippen molar-refractivity contribution in [2.75, 3.05) is 12.4 Å². The topological polar surface area (TPSA) is 113 Å². The van der Waals surface area contributed by atoms with Crippen molar-refractivity contribution in [3.63, 3.8) is 0 Å². The van der Waals surface area contributed by atoms with Crippen LogP contribution in [-0.4, -0.2) is 54.2 Å². The molecule has 24 heavy (non-hydrogen) atoms. The quantitative estimate of drug-likeness (QED) is 0.306. The van der Waals surface area contributed by atoms with Crippen LogP contribution in [0, 0.1) is 11.8 Å². The minimum atomic E-state index is -3.95. The van der Waals surface area contributed by atoms with Gasteiger partial charge >= 0.3 is 0 Å². The second kappa shape index (κ2) is 10.5. The lowest BCUT2D eigenvalue weighted by molar-refractivity contribution is -0.311. The van der Waals surface area contributed by atoms with E-state index in [0.717, 1.165) is 19.3 Å². The number of aliphatic hydroxyl groups excluding tert-OH is 2. The van der Waals surface area contributed by atoms with Gasteiger partial charge in [0.15, 0.2) is 12.6 Å². The van der Waals surface area contributed by atoms with Crippen LogP contribution in [0.5, 0.6) is 0 Å². The van der Waals surface area contributed by atoms with Crippen LogP contribution in [0.3, 0.4) is 0 Å². The molecule has 0 spiro atoms. The van der Waals surface area contributed by atoms with E-state index in [0.29, 0.717) is 6.42 Å². The van der Waals surface area contributed by atoms with Crippen LogP contribution in [0.15, 0.2) is 12.2 Å². The van der Waals surface area contributed by atoms with Crippen LogP contribution < -0.4 is 0 Å². The fourth-order valence-electron chi connectivity index (χ4n) is 2.62. The fraction of sp³-hybridized carbons (Fsp3) is 0.875. The summed E-state index contributed by atoms with van der Waals surface area (Å²) in [4.78, 5) is 0. The normalized spacial score (nSPS) is 31.6. The lowest BCUT2D eigenvalue weighted by Gasteiger charge is -2.40. The molecule has 1 fully saturated rings. The summed E-state index contributed by atoms with van der Waals surface area (Å²) in [7, 11) is -3.95. The molecule has 1 saturated heterocycles. The third-order valence-corrected chi connectivity index (χ3v) is 4.99. The molecule has 1 aliphatic rings. The number of hydrogen-bond donors (Lipinski definition) is 3. The van der Waals surface area contributed by atoms with E-state index >= 15 is 0 Å². The van der Waals surface area contributed by atoms with Gasteiger partial charge in [-0.15, -0.1) is 0 Å². The highest BCUT2D eigenvalue weighted by atomic mass is 32.2. The van der Waals surface area contributed by atoms with Gasteiger partial charge in [-0.05, 0) is 25.2 Å². The third-order valence-electron chi connectivity index (χ3n) is 4.19. The summed E-state index contributed by atoms with van der Waals surface area (Å²) in [5.41, 5.74) is 0. The molecular formula is C16H30O7S. The third kappa shape index (κ3) is 7.58. The van der Waals surface area contributed by atoms with Crippen molar-refractivity contribution in [2.24, 2.45) is 11.8 Å². The molecule has 0 aromatic heterocycles. The molecule has 142 valence electrons. The first-order valence-corrected chi connectivity index (χ1v) is 10.1. The van der Waals surface area contributed by atoms with Gasteiger partial charge in [0.05, 0.1) is 5.75 Å². The van der Waals surface area contributed by atoms with Gasteiger partial charge in [0, 0.05) is 12.5 Å². The summed E-state index contributed by atoms with van der Waals surface area (Å²) in [6.45, 7) is 4.19. The Morgan fingerprint density at radius 1 is 1.21 bits per heavy atom. The van der Waals surface area contributed by atoms with Crippen LogP contribution >= 0.6 is 0 Å². The van der Waals surface area contributed by atoms with Gasteiger partial charge in [0.25, 0.3) is 10.1 Å². The van der Waals surface area contributed by atoms with E-state index in [2.05, 4.69) is 6.92 Å². The number of allylic oxidation sites excluding steroid dienone is 1. The molecule has 0 aliphatic carbocycles. The first-order valence-electron chi connectivity index (χ1n) is 8.51. The smallest absolute Gasteiger partial charge is 0.264 e. The predicted octanol–water partition coefficient (Wildman–Crippen LogP) is 1.71. The second-order valence-corrected chi connectivity index (χ2v) is 7.83. The SMILES string of the molecule is CCCC/C=C\C1C(OCCCCS(=O)(=O)O)OC(O)C(O)C1C. The van der Waals surface area contributed by atoms with Gasteiger partial charge in [-0.3, -0.25) is 4.55 Å². The molecule has 0 radical (unpaired) electrons. The minimum Gasteiger partial charge on any atom is -0.388 e. The number of hydrogen-bond acceptors (Lipinski definition) is 6. The van der Waals surface area contributed by atoms with Gasteiger partial charge in [0.2, 0.25) is 0 Å². The zero-order chi connectivity index (χ0) is 18.2. The summed E-state index contributed by atoms with van der Waals surface area (Å²) in [5.74, 6) is -0.726. The maximum Gasteiger partial charge on any atom is 0.264 e. The zero-order valence-electron chi connectivity index (χ0n) is 14.4. The van der Waals surface area contributed by atoms with Crippen molar-refractivity contribution in [3.05, 3.63) is 12.2 Å². The molecule has 1 heterocycles. The largest absolute Gasteiger partial charge is 0.388 e. The Bertz CT molecular complexity index is 477. The van der Waals surface area contributed by atoms with Gasteiger partial charge in [-0.25, -0.2) is 0 Å². The standard InChI is InChI=1S/C16H30O7S/c1-3-4-5-6-9-13-12(2)14(17)15(18)23-16(13)22-10-7-8-11-24(19,20)21/h6,9,12-18H,3-5,7-8,10-11H2,1-2H3,(H,19,20,21)/b9-6-. The van der Waals surface area contributed by atoms with Gasteiger partial charge < -0.3 is 19.7 Å². The summed E-state index contributed by atoms with van der Waals surface area (Å²) < 4.78 is 41.0. The van der Waals surface area contributed by atoms with Crippen LogP contribution in [-0.2, 0) is 19.6 Å². The zero-order valence-corrected chi connectivity index (χ0v) is 15.2. The maximum absolute atomic E-state index is 10.7. The molecule has 5 atom stereocenters. The van der Waals surface area contributed by atoms with Crippen molar-refractivity contribution in [1.29, 1.82) is 0 Å². The Morgan fingerprint density at radius 3 is 2.54 bits per heavy atom. The monoisotopic (exact) mass is 366 g/mol. The number of unbranched alkanes of at least 4 members (excludes halogenated alkanes) is 3. The molecule has 7 nitrogen and oxygen atoms in total. The number of ether oxygens (including phenoxy) is 2. The molecule has 0 saturated carbocycles. The molecule has 8 heteroatoms. The molecule has 0 amide bonds. The first kappa shape index (κ1) is 21.5. The molecule has 1 aliphatic heterocycles. The van der Waals surface area contributed by atoms with Crippen LogP contribution in [0.2, 0.25) is 0 Å². The summed E-state index contributed by atoms with van der Waals surface area (Å²) in [6, 6.07) is 0. The van der Waals surface area contributed by atoms with E-state index in [-0.39, 0.29) is 30.6 Å². The predicted molar refractivity (Wildman–Crippen MR) is 89.8 cm³/mol. The second-order valence-electron chi connectivity index (χ2n) is 6.26. The Morgan fingerprint density at radius 2 is 1.92 bits per heavy atom. The van der Waals surface area contributed by atoms with E-state index < -0.39 is 28.8 Å². The summed E-state index contributed by atoms with van der Waals surface area (Å²) in [6.07, 6.45) is 4.84. The maximum atomic E-state index is 10.7. The average Bonchev–Trinajstić information content (AvgIpc) is 2.50. The molecule has 0 aromatic carbocycles. The van der Waals surface area contributed by atoms with Gasteiger partial charge in [-0.1, -0.05) is 38.8 Å².